The molecule has 20 heteroatoms. The van der Waals surface area contributed by atoms with Gasteiger partial charge in [-0.2, -0.15) is 39.5 Å². The number of halogens is 9. The number of nitrogens with zero attached hydrogens (tertiary/aromatic N) is 3. The topological polar surface area (TPSA) is 161 Å². The lowest BCUT2D eigenvalue weighted by molar-refractivity contribution is -0.193. The lowest BCUT2D eigenvalue weighted by Gasteiger charge is -2.42. The number of aliphatic hydroxyl groups is 1. The van der Waals surface area contributed by atoms with Gasteiger partial charge in [-0.15, -0.1) is 0 Å². The van der Waals surface area contributed by atoms with Crippen molar-refractivity contribution < 1.29 is 79.1 Å². The fourth-order valence-corrected chi connectivity index (χ4v) is 3.66. The SMILES string of the molecule is O=C(O)C(F)(F)F.O=C(O)C(F)(F)F.O=C(O)C(F)(F)F.OCCN1CCC2(CC1)COCCN(Cc1ccncc1)C2. The van der Waals surface area contributed by atoms with Crippen LogP contribution >= 0.6 is 0 Å². The normalized spacial score (nSPS) is 17.5. The van der Waals surface area contributed by atoms with Crippen LogP contribution in [0.2, 0.25) is 0 Å². The van der Waals surface area contributed by atoms with Crippen LogP contribution in [0.25, 0.3) is 0 Å². The molecule has 3 heterocycles. The first-order valence-electron chi connectivity index (χ1n) is 12.1. The van der Waals surface area contributed by atoms with E-state index in [2.05, 4.69) is 26.9 Å². The van der Waals surface area contributed by atoms with E-state index in [1.165, 1.54) is 18.4 Å². The van der Waals surface area contributed by atoms with E-state index in [0.29, 0.717) is 0 Å². The molecule has 1 aromatic heterocycles. The number of carboxylic acids is 3. The summed E-state index contributed by atoms with van der Waals surface area (Å²) >= 11 is 0. The maximum absolute atomic E-state index is 10.6. The predicted molar refractivity (Wildman–Crippen MR) is 127 cm³/mol. The summed E-state index contributed by atoms with van der Waals surface area (Å²) in [7, 11) is 0. The number of aromatic nitrogens is 1. The van der Waals surface area contributed by atoms with Crippen LogP contribution in [0.1, 0.15) is 18.4 Å². The molecule has 43 heavy (non-hydrogen) atoms. The molecule has 2 fully saturated rings. The second-order valence-electron chi connectivity index (χ2n) is 9.09. The third-order valence-corrected chi connectivity index (χ3v) is 5.74. The summed E-state index contributed by atoms with van der Waals surface area (Å²) in [5, 5.41) is 30.5. The molecule has 4 N–H and O–H groups in total. The molecule has 1 aromatic rings. The fraction of sp³-hybridized carbons (Fsp3) is 0.652. The molecule has 0 amide bonds. The largest absolute Gasteiger partial charge is 0.490 e. The monoisotopic (exact) mass is 647 g/mol. The number of alkyl halides is 9. The van der Waals surface area contributed by atoms with Crippen LogP contribution in [-0.2, 0) is 25.7 Å². The van der Waals surface area contributed by atoms with Gasteiger partial charge in [0.15, 0.2) is 0 Å². The van der Waals surface area contributed by atoms with Crippen molar-refractivity contribution in [3.05, 3.63) is 30.1 Å². The van der Waals surface area contributed by atoms with Crippen molar-refractivity contribution in [1.82, 2.24) is 14.8 Å². The van der Waals surface area contributed by atoms with E-state index < -0.39 is 36.4 Å². The number of piperidine rings is 1. The second kappa shape index (κ2) is 17.8. The molecule has 0 aliphatic carbocycles. The number of ether oxygens (including phenoxy) is 1. The van der Waals surface area contributed by atoms with Gasteiger partial charge in [-0.05, 0) is 43.6 Å². The molecule has 3 rings (SSSR count). The van der Waals surface area contributed by atoms with E-state index in [4.69, 9.17) is 39.5 Å². The van der Waals surface area contributed by atoms with Crippen LogP contribution in [0.15, 0.2) is 24.5 Å². The zero-order chi connectivity index (χ0) is 33.5. The van der Waals surface area contributed by atoms with Crippen LogP contribution in [0.5, 0.6) is 0 Å². The number of rotatable bonds is 4. The molecule has 2 aliphatic heterocycles. The molecule has 0 aromatic carbocycles. The van der Waals surface area contributed by atoms with Gasteiger partial charge in [0.25, 0.3) is 0 Å². The number of aliphatic carboxylic acids is 3. The number of pyridine rings is 1. The smallest absolute Gasteiger partial charge is 0.475 e. The summed E-state index contributed by atoms with van der Waals surface area (Å²) in [6.07, 6.45) is -9.18. The zero-order valence-corrected chi connectivity index (χ0v) is 22.3. The predicted octanol–water partition coefficient (Wildman–Crippen LogP) is 2.89. The highest BCUT2D eigenvalue weighted by Crippen LogP contribution is 2.34. The first-order chi connectivity index (χ1) is 19.6. The minimum atomic E-state index is -5.08. The first-order valence-corrected chi connectivity index (χ1v) is 12.1. The lowest BCUT2D eigenvalue weighted by atomic mass is 9.78. The average Bonchev–Trinajstić information content (AvgIpc) is 3.07. The highest BCUT2D eigenvalue weighted by molar-refractivity contribution is 5.73. The molecule has 11 nitrogen and oxygen atoms in total. The third-order valence-electron chi connectivity index (χ3n) is 5.74. The third kappa shape index (κ3) is 17.5. The van der Waals surface area contributed by atoms with E-state index in [9.17, 15) is 39.5 Å². The molecule has 0 radical (unpaired) electrons. The van der Waals surface area contributed by atoms with E-state index >= 15 is 0 Å². The highest BCUT2D eigenvalue weighted by atomic mass is 19.4. The van der Waals surface area contributed by atoms with E-state index in [1.54, 1.807) is 0 Å². The van der Waals surface area contributed by atoms with E-state index in [-0.39, 0.29) is 12.0 Å². The average molecular weight is 647 g/mol. The van der Waals surface area contributed by atoms with Crippen LogP contribution in [-0.4, -0.2) is 124 Å². The van der Waals surface area contributed by atoms with E-state index in [0.717, 1.165) is 52.5 Å². The number of carbonyl (C=O) groups is 3. The Balaban J connectivity index is 0.000000690. The second-order valence-corrected chi connectivity index (χ2v) is 9.09. The molecule has 2 saturated heterocycles. The number of carboxylic acid groups (broad SMARTS) is 3. The summed E-state index contributed by atoms with van der Waals surface area (Å²) in [4.78, 5) is 35.7. The van der Waals surface area contributed by atoms with Crippen LogP contribution in [0.3, 0.4) is 0 Å². The molecule has 248 valence electrons. The molecule has 0 bridgehead atoms. The van der Waals surface area contributed by atoms with Gasteiger partial charge in [0.2, 0.25) is 0 Å². The van der Waals surface area contributed by atoms with Gasteiger partial charge in [0.1, 0.15) is 0 Å². The molecule has 2 aliphatic rings. The van der Waals surface area contributed by atoms with Crippen molar-refractivity contribution >= 4 is 17.9 Å². The van der Waals surface area contributed by atoms with Gasteiger partial charge in [-0.1, -0.05) is 0 Å². The van der Waals surface area contributed by atoms with Gasteiger partial charge in [0.05, 0.1) is 19.8 Å². The summed E-state index contributed by atoms with van der Waals surface area (Å²) < 4.78 is 101. The van der Waals surface area contributed by atoms with Crippen molar-refractivity contribution in [2.45, 2.75) is 37.9 Å². The number of likely N-dealkylation sites (tertiary alicyclic amines) is 1. The Morgan fingerprint density at radius 2 is 1.21 bits per heavy atom. The number of aliphatic hydroxyl groups excluding tert-OH is 1. The van der Waals surface area contributed by atoms with Gasteiger partial charge < -0.3 is 30.1 Å². The Morgan fingerprint density at radius 1 is 0.791 bits per heavy atom. The Hall–Kier alpha value is -3.23. The van der Waals surface area contributed by atoms with Crippen LogP contribution in [0.4, 0.5) is 39.5 Å². The standard InChI is InChI=1S/C17H27N3O2.3C2HF3O2/c21-11-9-19-7-3-17(4-8-19)14-20(10-12-22-15-17)13-16-1-5-18-6-2-16;3*3-2(4,5)1(6)7/h1-2,5-6,21H,3-4,7-15H2;3*(H,6,7). The van der Waals surface area contributed by atoms with Gasteiger partial charge in [-0.25, -0.2) is 14.4 Å². The zero-order valence-electron chi connectivity index (χ0n) is 22.3. The molecule has 0 unspecified atom stereocenters. The van der Waals surface area contributed by atoms with Crippen molar-refractivity contribution in [3.63, 3.8) is 0 Å². The van der Waals surface area contributed by atoms with Gasteiger partial charge >= 0.3 is 36.4 Å². The van der Waals surface area contributed by atoms with Crippen LogP contribution < -0.4 is 0 Å². The quantitative estimate of drug-likeness (QED) is 0.356. The minimum absolute atomic E-state index is 0.262. The Bertz CT molecular complexity index is 928. The molecule has 0 atom stereocenters. The number of hydrogen-bond donors (Lipinski definition) is 4. The van der Waals surface area contributed by atoms with Gasteiger partial charge in [0, 0.05) is 44.0 Å². The summed E-state index contributed by atoms with van der Waals surface area (Å²) in [6.45, 7) is 8.02. The summed E-state index contributed by atoms with van der Waals surface area (Å²) in [5.74, 6) is -8.27. The van der Waals surface area contributed by atoms with E-state index in [1.807, 2.05) is 12.4 Å². The summed E-state index contributed by atoms with van der Waals surface area (Å²) in [5.41, 5.74) is 1.61. The molecule has 0 saturated carbocycles. The Kier molecular flexibility index (Phi) is 16.4. The first kappa shape index (κ1) is 39.8. The Morgan fingerprint density at radius 3 is 1.58 bits per heavy atom. The lowest BCUT2D eigenvalue weighted by Crippen LogP contribution is -2.47. The number of β-amino-alcohol motifs (C(OH)–C–C–N with tert-alkyl or cyclic N) is 1. The van der Waals surface area contributed by atoms with Crippen molar-refractivity contribution in [2.75, 3.05) is 52.5 Å². The number of hydrogen-bond acceptors (Lipinski definition) is 8. The van der Waals surface area contributed by atoms with Crippen molar-refractivity contribution in [1.29, 1.82) is 0 Å². The maximum atomic E-state index is 10.6. The van der Waals surface area contributed by atoms with Crippen LogP contribution in [0, 0.1) is 5.41 Å². The molecular weight excluding hydrogens is 617 g/mol. The summed E-state index contributed by atoms with van der Waals surface area (Å²) in [6, 6.07) is 4.20. The molecular formula is C23H30F9N3O8. The maximum Gasteiger partial charge on any atom is 0.490 e. The van der Waals surface area contributed by atoms with Crippen molar-refractivity contribution in [2.24, 2.45) is 5.41 Å². The van der Waals surface area contributed by atoms with Crippen molar-refractivity contribution in [3.8, 4) is 0 Å². The Labute approximate surface area is 238 Å². The fourth-order valence-electron chi connectivity index (χ4n) is 3.66. The minimum Gasteiger partial charge on any atom is -0.475 e. The van der Waals surface area contributed by atoms with Gasteiger partial charge in [-0.3, -0.25) is 9.88 Å². The highest BCUT2D eigenvalue weighted by Gasteiger charge is 2.40. The molecule has 1 spiro atoms.